The fourth-order valence-electron chi connectivity index (χ4n) is 5.61. The predicted molar refractivity (Wildman–Crippen MR) is 156 cm³/mol. The first-order valence-electron chi connectivity index (χ1n) is 15.3. The maximum absolute atomic E-state index is 10.5. The summed E-state index contributed by atoms with van der Waals surface area (Å²) >= 11 is 0. The van der Waals surface area contributed by atoms with E-state index in [2.05, 4.69) is 5.32 Å². The Labute approximate surface area is 266 Å². The Morgan fingerprint density at radius 1 is 0.848 bits per heavy atom. The van der Waals surface area contributed by atoms with Crippen LogP contribution in [0, 0.1) is 0 Å². The minimum absolute atomic E-state index is 0.131. The van der Waals surface area contributed by atoms with E-state index < -0.39 is 123 Å². The van der Waals surface area contributed by atoms with E-state index in [1.807, 2.05) is 0 Å². The van der Waals surface area contributed by atoms with Crippen LogP contribution >= 0.6 is 0 Å². The number of hydrogen-bond donors (Lipinski definition) is 14. The van der Waals surface area contributed by atoms with Crippen molar-refractivity contribution < 1.29 is 69.3 Å². The van der Waals surface area contributed by atoms with E-state index in [0.29, 0.717) is 0 Å². The van der Waals surface area contributed by atoms with Crippen molar-refractivity contribution in [1.82, 2.24) is 5.32 Å². The third-order valence-electron chi connectivity index (χ3n) is 8.47. The molecule has 0 aromatic rings. The van der Waals surface area contributed by atoms with Crippen molar-refractivity contribution in [2.45, 2.75) is 130 Å². The lowest BCUT2D eigenvalue weighted by Crippen LogP contribution is -2.66. The topological polar surface area (TPSA) is 359 Å². The van der Waals surface area contributed by atoms with Crippen LogP contribution in [-0.2, 0) is 28.4 Å². The van der Waals surface area contributed by atoms with Crippen LogP contribution in [-0.4, -0.2) is 184 Å². The van der Waals surface area contributed by atoms with Crippen molar-refractivity contribution in [1.29, 1.82) is 0 Å². The summed E-state index contributed by atoms with van der Waals surface area (Å²) < 4.78 is 34.2. The lowest BCUT2D eigenvalue weighted by atomic mass is 9.84. The molecule has 20 nitrogen and oxygen atoms in total. The Kier molecular flexibility index (Phi) is 15.7. The zero-order valence-electron chi connectivity index (χ0n) is 25.8. The van der Waals surface area contributed by atoms with Crippen LogP contribution in [0.3, 0.4) is 0 Å². The third kappa shape index (κ3) is 10.1. The molecular formula is C26H54N6O14. The molecule has 2 aliphatic carbocycles. The molecule has 20 heteroatoms. The average Bonchev–Trinajstić information content (AvgIpc) is 3.00. The summed E-state index contributed by atoms with van der Waals surface area (Å²) in [6.07, 6.45) is -14.6. The minimum atomic E-state index is -1.47. The second kappa shape index (κ2) is 18.3. The minimum Gasteiger partial charge on any atom is -0.394 e. The van der Waals surface area contributed by atoms with Gasteiger partial charge in [-0.2, -0.15) is 0 Å². The van der Waals surface area contributed by atoms with Crippen LogP contribution in [0.2, 0.25) is 0 Å². The summed E-state index contributed by atoms with van der Waals surface area (Å²) in [5.41, 5.74) is 30.1. The molecule has 3 rings (SSSR count). The lowest BCUT2D eigenvalue weighted by molar-refractivity contribution is -0.288. The molecule has 3 fully saturated rings. The van der Waals surface area contributed by atoms with Gasteiger partial charge in [-0.05, 0) is 19.8 Å². The second-order valence-corrected chi connectivity index (χ2v) is 12.2. The molecule has 0 amide bonds. The summed E-state index contributed by atoms with van der Waals surface area (Å²) in [7, 11) is 0. The van der Waals surface area contributed by atoms with Crippen LogP contribution in [0.5, 0.6) is 0 Å². The van der Waals surface area contributed by atoms with Crippen LogP contribution in [0.4, 0.5) is 0 Å². The van der Waals surface area contributed by atoms with Crippen molar-refractivity contribution in [3.8, 4) is 0 Å². The highest BCUT2D eigenvalue weighted by Gasteiger charge is 2.46. The molecule has 2 saturated carbocycles. The number of rotatable bonds is 16. The summed E-state index contributed by atoms with van der Waals surface area (Å²) in [4.78, 5) is 0. The van der Waals surface area contributed by atoms with E-state index in [4.69, 9.17) is 57.1 Å². The van der Waals surface area contributed by atoms with Gasteiger partial charge in [0, 0.05) is 24.2 Å². The molecule has 14 unspecified atom stereocenters. The first kappa shape index (κ1) is 39.6. The first-order valence-corrected chi connectivity index (χ1v) is 15.3. The number of ether oxygens (including phenoxy) is 6. The van der Waals surface area contributed by atoms with Gasteiger partial charge in [-0.25, -0.2) is 0 Å². The van der Waals surface area contributed by atoms with Gasteiger partial charge < -0.3 is 97.9 Å². The standard InChI is InChI=1S/C26H54N6O14/c1-9(35)16(4-33)43-25(45-22-12(29)2-10(27)18(36)20(22)38)14(31)6-41-8-42-7-15-26(44-17(5-34)24(40)32-15)46-23-13(30)3-11(28)19(37)21(23)39/h9-26,32-40H,2-8,27-31H2,1H3/t9-,10?,11?,12?,13?,14-,15+,16?,17?,18?,19?,20?,21?,22?,23?,24-,25?,26?/m1/s1. The highest BCUT2D eigenvalue weighted by molar-refractivity contribution is 4.99. The van der Waals surface area contributed by atoms with Crippen LogP contribution in [0.15, 0.2) is 0 Å². The molecule has 272 valence electrons. The van der Waals surface area contributed by atoms with Crippen molar-refractivity contribution in [2.75, 3.05) is 33.2 Å². The first-order chi connectivity index (χ1) is 21.7. The van der Waals surface area contributed by atoms with Crippen LogP contribution in [0.1, 0.15) is 19.8 Å². The monoisotopic (exact) mass is 674 g/mol. The van der Waals surface area contributed by atoms with E-state index in [0.717, 1.165) is 0 Å². The maximum atomic E-state index is 10.5. The molecule has 18 atom stereocenters. The Morgan fingerprint density at radius 3 is 2.00 bits per heavy atom. The Hall–Kier alpha value is -0.800. The van der Waals surface area contributed by atoms with Gasteiger partial charge in [0.25, 0.3) is 0 Å². The molecule has 1 saturated heterocycles. The van der Waals surface area contributed by atoms with E-state index in [1.54, 1.807) is 0 Å². The summed E-state index contributed by atoms with van der Waals surface area (Å²) in [5.74, 6) is 0. The average molecular weight is 675 g/mol. The summed E-state index contributed by atoms with van der Waals surface area (Å²) in [6, 6.07) is -5.00. The zero-order valence-corrected chi connectivity index (χ0v) is 25.8. The van der Waals surface area contributed by atoms with Crippen molar-refractivity contribution >= 4 is 0 Å². The Morgan fingerprint density at radius 2 is 1.43 bits per heavy atom. The SMILES string of the molecule is C[C@@H](O)C(CO)OC(OC1C(N)CC(N)C(O)C1O)[C@H](N)COCOC[C@@H]1N[C@H](O)C(CO)OC1OC1C(N)CC(N)C(O)C1O. The lowest BCUT2D eigenvalue weighted by Gasteiger charge is -2.45. The van der Waals surface area contributed by atoms with Crippen molar-refractivity contribution in [2.24, 2.45) is 28.7 Å². The molecule has 3 aliphatic rings. The van der Waals surface area contributed by atoms with E-state index >= 15 is 0 Å². The Balaban J connectivity index is 1.58. The van der Waals surface area contributed by atoms with Gasteiger partial charge in [-0.15, -0.1) is 0 Å². The van der Waals surface area contributed by atoms with Gasteiger partial charge in [0.2, 0.25) is 0 Å². The predicted octanol–water partition coefficient (Wildman–Crippen LogP) is -8.29. The fraction of sp³-hybridized carbons (Fsp3) is 1.00. The normalized spacial score (nSPS) is 43.2. The van der Waals surface area contributed by atoms with Gasteiger partial charge in [-0.1, -0.05) is 0 Å². The summed E-state index contributed by atoms with van der Waals surface area (Å²) in [5, 5.41) is 83.8. The van der Waals surface area contributed by atoms with Crippen LogP contribution in [0.25, 0.3) is 0 Å². The number of nitrogens with one attached hydrogen (secondary N) is 1. The Bertz CT molecular complexity index is 889. The van der Waals surface area contributed by atoms with Crippen molar-refractivity contribution in [3.05, 3.63) is 0 Å². The zero-order chi connectivity index (χ0) is 34.3. The maximum Gasteiger partial charge on any atom is 0.176 e. The van der Waals surface area contributed by atoms with E-state index in [9.17, 15) is 40.9 Å². The van der Waals surface area contributed by atoms with Crippen molar-refractivity contribution in [3.63, 3.8) is 0 Å². The smallest absolute Gasteiger partial charge is 0.176 e. The highest BCUT2D eigenvalue weighted by Crippen LogP contribution is 2.26. The number of nitrogens with two attached hydrogens (primary N) is 5. The molecule has 0 aromatic heterocycles. The highest BCUT2D eigenvalue weighted by atomic mass is 16.7. The van der Waals surface area contributed by atoms with Gasteiger partial charge in [-0.3, -0.25) is 5.32 Å². The van der Waals surface area contributed by atoms with Gasteiger partial charge in [0.15, 0.2) is 12.6 Å². The largest absolute Gasteiger partial charge is 0.394 e. The second-order valence-electron chi connectivity index (χ2n) is 12.2. The number of aliphatic hydroxyl groups is 8. The third-order valence-corrected chi connectivity index (χ3v) is 8.47. The number of morpholine rings is 1. The number of hydrogen-bond acceptors (Lipinski definition) is 20. The molecule has 0 aromatic carbocycles. The molecule has 0 spiro atoms. The molecule has 0 radical (unpaired) electrons. The van der Waals surface area contributed by atoms with Gasteiger partial charge >= 0.3 is 0 Å². The molecular weight excluding hydrogens is 620 g/mol. The quantitative estimate of drug-likeness (QED) is 0.0533. The van der Waals surface area contributed by atoms with Crippen LogP contribution < -0.4 is 34.0 Å². The molecule has 19 N–H and O–H groups in total. The van der Waals surface area contributed by atoms with E-state index in [-0.39, 0.29) is 32.8 Å². The van der Waals surface area contributed by atoms with E-state index in [1.165, 1.54) is 6.92 Å². The molecule has 0 bridgehead atoms. The molecule has 1 heterocycles. The van der Waals surface area contributed by atoms with Gasteiger partial charge in [0.05, 0.1) is 56.8 Å². The fourth-order valence-corrected chi connectivity index (χ4v) is 5.61. The number of aliphatic hydroxyl groups excluding tert-OH is 8. The molecule has 1 aliphatic heterocycles. The van der Waals surface area contributed by atoms with Gasteiger partial charge in [0.1, 0.15) is 49.6 Å². The summed E-state index contributed by atoms with van der Waals surface area (Å²) in [6.45, 7) is -0.547. The molecule has 46 heavy (non-hydrogen) atoms.